The summed E-state index contributed by atoms with van der Waals surface area (Å²) in [6.45, 7) is 14.8. The van der Waals surface area contributed by atoms with Gasteiger partial charge in [0.05, 0.1) is 0 Å². The van der Waals surface area contributed by atoms with Crippen molar-refractivity contribution in [3.63, 3.8) is 0 Å². The summed E-state index contributed by atoms with van der Waals surface area (Å²) in [4.78, 5) is 2.52. The Kier molecular flexibility index (Phi) is 8.20. The summed E-state index contributed by atoms with van der Waals surface area (Å²) in [7, 11) is 0. The van der Waals surface area contributed by atoms with E-state index in [9.17, 15) is 0 Å². The lowest BCUT2D eigenvalue weighted by molar-refractivity contribution is 0.208. The molecule has 2 nitrogen and oxygen atoms in total. The van der Waals surface area contributed by atoms with Gasteiger partial charge in [-0.05, 0) is 46.3 Å². The van der Waals surface area contributed by atoms with E-state index >= 15 is 0 Å². The van der Waals surface area contributed by atoms with Crippen LogP contribution >= 0.6 is 0 Å². The Balaban J connectivity index is 3.73. The van der Waals surface area contributed by atoms with Crippen molar-refractivity contribution in [3.05, 3.63) is 0 Å². The Morgan fingerprint density at radius 3 is 2.07 bits per heavy atom. The summed E-state index contributed by atoms with van der Waals surface area (Å²) in [6, 6.07) is 1.34. The first-order valence-corrected chi connectivity index (χ1v) is 6.13. The van der Waals surface area contributed by atoms with E-state index in [4.69, 9.17) is 0 Å². The number of nitrogens with zero attached hydrogens (tertiary/aromatic N) is 1. The minimum atomic E-state index is 0.644. The van der Waals surface area contributed by atoms with Crippen LogP contribution in [0.15, 0.2) is 0 Å². The average molecular weight is 200 g/mol. The maximum atomic E-state index is 3.54. The van der Waals surface area contributed by atoms with E-state index in [0.717, 1.165) is 19.6 Å². The van der Waals surface area contributed by atoms with E-state index in [-0.39, 0.29) is 0 Å². The van der Waals surface area contributed by atoms with Gasteiger partial charge in [-0.25, -0.2) is 0 Å². The van der Waals surface area contributed by atoms with Gasteiger partial charge in [-0.15, -0.1) is 0 Å². The van der Waals surface area contributed by atoms with Gasteiger partial charge in [0.1, 0.15) is 0 Å². The zero-order chi connectivity index (χ0) is 11.0. The molecular weight excluding hydrogens is 172 g/mol. The Hall–Kier alpha value is -0.0800. The molecule has 0 aromatic carbocycles. The van der Waals surface area contributed by atoms with E-state index in [1.807, 2.05) is 0 Å². The molecule has 0 aromatic heterocycles. The number of rotatable bonds is 8. The maximum Gasteiger partial charge on any atom is 0.00813 e. The van der Waals surface area contributed by atoms with Gasteiger partial charge in [-0.1, -0.05) is 20.8 Å². The summed E-state index contributed by atoms with van der Waals surface area (Å²) in [5.74, 6) is 0. The van der Waals surface area contributed by atoms with Crippen LogP contribution in [0.3, 0.4) is 0 Å². The highest BCUT2D eigenvalue weighted by atomic mass is 15.1. The van der Waals surface area contributed by atoms with Crippen molar-refractivity contribution in [2.45, 2.75) is 59.5 Å². The molecule has 0 heterocycles. The van der Waals surface area contributed by atoms with Crippen LogP contribution in [-0.4, -0.2) is 36.6 Å². The van der Waals surface area contributed by atoms with Crippen molar-refractivity contribution < 1.29 is 0 Å². The zero-order valence-corrected chi connectivity index (χ0v) is 10.6. The normalized spacial score (nSPS) is 15.9. The van der Waals surface area contributed by atoms with Crippen LogP contribution < -0.4 is 5.32 Å². The topological polar surface area (TPSA) is 15.3 Å². The van der Waals surface area contributed by atoms with E-state index in [0.29, 0.717) is 12.1 Å². The van der Waals surface area contributed by atoms with Crippen molar-refractivity contribution >= 4 is 0 Å². The molecule has 1 N–H and O–H groups in total. The van der Waals surface area contributed by atoms with Crippen LogP contribution in [0.1, 0.15) is 47.5 Å². The second-order valence-electron chi connectivity index (χ2n) is 4.16. The van der Waals surface area contributed by atoms with Gasteiger partial charge in [-0.2, -0.15) is 0 Å². The van der Waals surface area contributed by atoms with Crippen molar-refractivity contribution in [1.82, 2.24) is 10.2 Å². The molecule has 0 spiro atoms. The molecule has 2 atom stereocenters. The lowest BCUT2D eigenvalue weighted by Gasteiger charge is -2.28. The third-order valence-electron chi connectivity index (χ3n) is 2.87. The minimum Gasteiger partial charge on any atom is -0.314 e. The third kappa shape index (κ3) is 5.61. The molecular formula is C12H28N2. The summed E-state index contributed by atoms with van der Waals surface area (Å²) in [6.07, 6.45) is 2.48. The summed E-state index contributed by atoms with van der Waals surface area (Å²) in [5, 5.41) is 3.54. The Labute approximate surface area is 90.1 Å². The molecule has 0 radical (unpaired) electrons. The minimum absolute atomic E-state index is 0.644. The smallest absolute Gasteiger partial charge is 0.00813 e. The molecule has 0 bridgehead atoms. The fraction of sp³-hybridized carbons (Fsp3) is 1.00. The van der Waals surface area contributed by atoms with Crippen molar-refractivity contribution in [3.8, 4) is 0 Å². The standard InChI is InChI=1S/C12H28N2/c1-6-9-13-11(4)10-12(5)14(7-2)8-3/h11-13H,6-10H2,1-5H3. The molecule has 0 aromatic rings. The van der Waals surface area contributed by atoms with Crippen LogP contribution in [0.2, 0.25) is 0 Å². The maximum absolute atomic E-state index is 3.54. The van der Waals surface area contributed by atoms with Gasteiger partial charge in [-0.3, -0.25) is 0 Å². The fourth-order valence-electron chi connectivity index (χ4n) is 1.98. The van der Waals surface area contributed by atoms with Gasteiger partial charge in [0.15, 0.2) is 0 Å². The van der Waals surface area contributed by atoms with Crippen molar-refractivity contribution in [2.24, 2.45) is 0 Å². The molecule has 0 saturated carbocycles. The first-order chi connectivity index (χ1) is 6.65. The Morgan fingerprint density at radius 1 is 1.07 bits per heavy atom. The van der Waals surface area contributed by atoms with E-state index < -0.39 is 0 Å². The zero-order valence-electron chi connectivity index (χ0n) is 10.6. The van der Waals surface area contributed by atoms with Gasteiger partial charge < -0.3 is 10.2 Å². The molecule has 2 heteroatoms. The first kappa shape index (κ1) is 13.9. The lowest BCUT2D eigenvalue weighted by atomic mass is 10.1. The quantitative estimate of drug-likeness (QED) is 0.647. The molecule has 0 rings (SSSR count). The summed E-state index contributed by atoms with van der Waals surface area (Å²) < 4.78 is 0. The molecule has 0 aliphatic carbocycles. The molecule has 0 saturated heterocycles. The van der Waals surface area contributed by atoms with E-state index in [1.54, 1.807) is 0 Å². The SMILES string of the molecule is CCCNC(C)CC(C)N(CC)CC. The summed E-state index contributed by atoms with van der Waals surface area (Å²) >= 11 is 0. The van der Waals surface area contributed by atoms with Crippen LogP contribution in [0.5, 0.6) is 0 Å². The first-order valence-electron chi connectivity index (χ1n) is 6.13. The van der Waals surface area contributed by atoms with Crippen molar-refractivity contribution in [2.75, 3.05) is 19.6 Å². The van der Waals surface area contributed by atoms with Gasteiger partial charge in [0.2, 0.25) is 0 Å². The predicted octanol–water partition coefficient (Wildman–Crippen LogP) is 2.49. The average Bonchev–Trinajstić information content (AvgIpc) is 2.16. The van der Waals surface area contributed by atoms with Gasteiger partial charge in [0.25, 0.3) is 0 Å². The van der Waals surface area contributed by atoms with E-state index in [2.05, 4.69) is 44.8 Å². The van der Waals surface area contributed by atoms with Crippen molar-refractivity contribution in [1.29, 1.82) is 0 Å². The molecule has 0 aliphatic heterocycles. The Bertz CT molecular complexity index is 121. The number of nitrogens with one attached hydrogen (secondary N) is 1. The highest BCUT2D eigenvalue weighted by Crippen LogP contribution is 2.06. The monoisotopic (exact) mass is 200 g/mol. The second-order valence-corrected chi connectivity index (χ2v) is 4.16. The highest BCUT2D eigenvalue weighted by molar-refractivity contribution is 4.71. The van der Waals surface area contributed by atoms with Gasteiger partial charge in [0, 0.05) is 12.1 Å². The third-order valence-corrected chi connectivity index (χ3v) is 2.87. The predicted molar refractivity (Wildman–Crippen MR) is 64.8 cm³/mol. The lowest BCUT2D eigenvalue weighted by Crippen LogP contribution is -2.38. The van der Waals surface area contributed by atoms with Crippen LogP contribution in [-0.2, 0) is 0 Å². The molecule has 2 unspecified atom stereocenters. The molecule has 14 heavy (non-hydrogen) atoms. The second kappa shape index (κ2) is 8.25. The van der Waals surface area contributed by atoms with Crippen LogP contribution in [0.25, 0.3) is 0 Å². The largest absolute Gasteiger partial charge is 0.314 e. The van der Waals surface area contributed by atoms with E-state index in [1.165, 1.54) is 12.8 Å². The molecule has 0 aliphatic rings. The number of hydrogen-bond acceptors (Lipinski definition) is 2. The van der Waals surface area contributed by atoms with Crippen LogP contribution in [0, 0.1) is 0 Å². The fourth-order valence-corrected chi connectivity index (χ4v) is 1.98. The Morgan fingerprint density at radius 2 is 1.64 bits per heavy atom. The number of hydrogen-bond donors (Lipinski definition) is 1. The highest BCUT2D eigenvalue weighted by Gasteiger charge is 2.12. The summed E-state index contributed by atoms with van der Waals surface area (Å²) in [5.41, 5.74) is 0. The molecule has 86 valence electrons. The molecule has 0 amide bonds. The molecule has 0 fully saturated rings. The van der Waals surface area contributed by atoms with Crippen LogP contribution in [0.4, 0.5) is 0 Å². The van der Waals surface area contributed by atoms with Gasteiger partial charge >= 0.3 is 0 Å².